The normalized spacial score (nSPS) is 13.2. The van der Waals surface area contributed by atoms with Crippen LogP contribution in [0.1, 0.15) is 34.1 Å². The van der Waals surface area contributed by atoms with Gasteiger partial charge in [-0.2, -0.15) is 0 Å². The topological polar surface area (TPSA) is 26.3 Å². The number of carbonyl (C=O) groups excluding carboxylic acids is 1. The summed E-state index contributed by atoms with van der Waals surface area (Å²) < 4.78 is 5.36. The molecule has 2 heteroatoms. The second-order valence-electron chi connectivity index (χ2n) is 4.73. The molecule has 1 rings (SSSR count). The lowest BCUT2D eigenvalue weighted by Gasteiger charge is -2.28. The molecule has 0 aliphatic heterocycles. The Morgan fingerprint density at radius 2 is 1.88 bits per heavy atom. The van der Waals surface area contributed by atoms with Gasteiger partial charge in [-0.1, -0.05) is 38.5 Å². The first kappa shape index (κ1) is 12.8. The third-order valence-corrected chi connectivity index (χ3v) is 3.32. The molecule has 1 unspecified atom stereocenters. The van der Waals surface area contributed by atoms with Gasteiger partial charge in [-0.05, 0) is 31.9 Å². The van der Waals surface area contributed by atoms with Crippen LogP contribution in [0.4, 0.5) is 0 Å². The Bertz CT molecular complexity index is 341. The van der Waals surface area contributed by atoms with E-state index in [0.29, 0.717) is 11.7 Å². The molecule has 1 aromatic rings. The van der Waals surface area contributed by atoms with Crippen molar-refractivity contribution in [3.8, 4) is 5.75 Å². The minimum atomic E-state index is -0.440. The molecular weight excluding hydrogens is 200 g/mol. The maximum atomic E-state index is 12.0. The number of hydrogen-bond acceptors (Lipinski definition) is 2. The molecule has 0 radical (unpaired) electrons. The largest absolute Gasteiger partial charge is 0.426 e. The van der Waals surface area contributed by atoms with Gasteiger partial charge >= 0.3 is 5.97 Å². The Kier molecular flexibility index (Phi) is 4.11. The Hall–Kier alpha value is -1.31. The van der Waals surface area contributed by atoms with Crippen molar-refractivity contribution in [3.63, 3.8) is 0 Å². The van der Waals surface area contributed by atoms with E-state index in [1.165, 1.54) is 0 Å². The highest BCUT2D eigenvalue weighted by Crippen LogP contribution is 2.30. The van der Waals surface area contributed by atoms with Gasteiger partial charge in [0.15, 0.2) is 0 Å². The van der Waals surface area contributed by atoms with Gasteiger partial charge < -0.3 is 4.74 Å². The van der Waals surface area contributed by atoms with Gasteiger partial charge in [-0.25, -0.2) is 0 Å². The average molecular weight is 220 g/mol. The van der Waals surface area contributed by atoms with Gasteiger partial charge in [0.25, 0.3) is 0 Å². The summed E-state index contributed by atoms with van der Waals surface area (Å²) in [6, 6.07) is 9.21. The van der Waals surface area contributed by atoms with Crippen LogP contribution in [-0.4, -0.2) is 5.97 Å². The van der Waals surface area contributed by atoms with E-state index < -0.39 is 5.41 Å². The second kappa shape index (κ2) is 5.15. The molecule has 0 amide bonds. The maximum absolute atomic E-state index is 12.0. The Morgan fingerprint density at radius 3 is 2.38 bits per heavy atom. The van der Waals surface area contributed by atoms with E-state index in [1.807, 2.05) is 32.0 Å². The van der Waals surface area contributed by atoms with Crippen LogP contribution in [0.5, 0.6) is 5.75 Å². The lowest BCUT2D eigenvalue weighted by Crippen LogP contribution is -2.34. The number of ether oxygens (including phenoxy) is 1. The van der Waals surface area contributed by atoms with E-state index >= 15 is 0 Å². The minimum absolute atomic E-state index is 0.159. The summed E-state index contributed by atoms with van der Waals surface area (Å²) in [5.74, 6) is 0.764. The third-order valence-electron chi connectivity index (χ3n) is 3.32. The summed E-state index contributed by atoms with van der Waals surface area (Å²) in [7, 11) is 0. The van der Waals surface area contributed by atoms with Gasteiger partial charge in [0.05, 0.1) is 5.41 Å². The molecule has 0 saturated heterocycles. The molecule has 2 nitrogen and oxygen atoms in total. The van der Waals surface area contributed by atoms with E-state index in [1.54, 1.807) is 12.1 Å². The zero-order valence-electron chi connectivity index (χ0n) is 10.5. The molecule has 16 heavy (non-hydrogen) atoms. The van der Waals surface area contributed by atoms with E-state index in [-0.39, 0.29) is 5.97 Å². The first-order valence-electron chi connectivity index (χ1n) is 5.75. The Morgan fingerprint density at radius 1 is 1.31 bits per heavy atom. The number of para-hydroxylation sites is 1. The van der Waals surface area contributed by atoms with Crippen molar-refractivity contribution >= 4 is 5.97 Å². The molecule has 0 aromatic heterocycles. The standard InChI is InChI=1S/C14H20O2/c1-5-11(2)14(3,4)13(15)16-12-9-7-6-8-10-12/h6-11H,5H2,1-4H3. The van der Waals surface area contributed by atoms with Crippen LogP contribution < -0.4 is 4.74 Å². The Balaban J connectivity index is 2.72. The lowest BCUT2D eigenvalue weighted by molar-refractivity contribution is -0.146. The molecule has 0 saturated carbocycles. The summed E-state index contributed by atoms with van der Waals surface area (Å²) in [4.78, 5) is 12.0. The minimum Gasteiger partial charge on any atom is -0.426 e. The quantitative estimate of drug-likeness (QED) is 0.571. The molecule has 0 aliphatic carbocycles. The molecule has 0 aliphatic rings. The highest BCUT2D eigenvalue weighted by Gasteiger charge is 2.34. The number of hydrogen-bond donors (Lipinski definition) is 0. The van der Waals surface area contributed by atoms with E-state index in [2.05, 4.69) is 13.8 Å². The van der Waals surface area contributed by atoms with Crippen LogP contribution in [0.15, 0.2) is 30.3 Å². The molecule has 1 atom stereocenters. The average Bonchev–Trinajstić information content (AvgIpc) is 2.29. The molecule has 0 heterocycles. The van der Waals surface area contributed by atoms with Crippen molar-refractivity contribution in [2.24, 2.45) is 11.3 Å². The van der Waals surface area contributed by atoms with Gasteiger partial charge in [0.1, 0.15) is 5.75 Å². The molecule has 88 valence electrons. The zero-order valence-corrected chi connectivity index (χ0v) is 10.5. The molecule has 0 N–H and O–H groups in total. The van der Waals surface area contributed by atoms with Crippen LogP contribution in [-0.2, 0) is 4.79 Å². The van der Waals surface area contributed by atoms with E-state index in [4.69, 9.17) is 4.74 Å². The number of esters is 1. The van der Waals surface area contributed by atoms with Crippen LogP contribution in [0.3, 0.4) is 0 Å². The molecule has 0 fully saturated rings. The molecular formula is C14H20O2. The van der Waals surface area contributed by atoms with Crippen molar-refractivity contribution in [2.45, 2.75) is 34.1 Å². The van der Waals surface area contributed by atoms with Gasteiger partial charge in [-0.3, -0.25) is 4.79 Å². The van der Waals surface area contributed by atoms with Crippen molar-refractivity contribution < 1.29 is 9.53 Å². The maximum Gasteiger partial charge on any atom is 0.317 e. The fraction of sp³-hybridized carbons (Fsp3) is 0.500. The molecule has 0 bridgehead atoms. The Labute approximate surface area is 97.6 Å². The smallest absolute Gasteiger partial charge is 0.317 e. The van der Waals surface area contributed by atoms with E-state index in [0.717, 1.165) is 6.42 Å². The van der Waals surface area contributed by atoms with E-state index in [9.17, 15) is 4.79 Å². The summed E-state index contributed by atoms with van der Waals surface area (Å²) in [5.41, 5.74) is -0.440. The monoisotopic (exact) mass is 220 g/mol. The van der Waals surface area contributed by atoms with Crippen LogP contribution in [0.2, 0.25) is 0 Å². The van der Waals surface area contributed by atoms with Crippen LogP contribution >= 0.6 is 0 Å². The highest BCUT2D eigenvalue weighted by molar-refractivity contribution is 5.78. The summed E-state index contributed by atoms with van der Waals surface area (Å²) in [6.07, 6.45) is 0.969. The predicted octanol–water partition coefficient (Wildman–Crippen LogP) is 3.66. The predicted molar refractivity (Wildman–Crippen MR) is 65.3 cm³/mol. The third kappa shape index (κ3) is 2.84. The number of carbonyl (C=O) groups is 1. The van der Waals surface area contributed by atoms with Gasteiger partial charge in [-0.15, -0.1) is 0 Å². The molecule has 1 aromatic carbocycles. The number of rotatable bonds is 4. The van der Waals surface area contributed by atoms with Crippen molar-refractivity contribution in [1.29, 1.82) is 0 Å². The van der Waals surface area contributed by atoms with Crippen molar-refractivity contribution in [3.05, 3.63) is 30.3 Å². The van der Waals surface area contributed by atoms with Crippen LogP contribution in [0, 0.1) is 11.3 Å². The van der Waals surface area contributed by atoms with Gasteiger partial charge in [0.2, 0.25) is 0 Å². The van der Waals surface area contributed by atoms with Gasteiger partial charge in [0, 0.05) is 0 Å². The summed E-state index contributed by atoms with van der Waals surface area (Å²) in [5, 5.41) is 0. The first-order chi connectivity index (χ1) is 7.48. The summed E-state index contributed by atoms with van der Waals surface area (Å²) >= 11 is 0. The van der Waals surface area contributed by atoms with Crippen molar-refractivity contribution in [2.75, 3.05) is 0 Å². The zero-order chi connectivity index (χ0) is 12.2. The highest BCUT2D eigenvalue weighted by atomic mass is 16.5. The lowest BCUT2D eigenvalue weighted by atomic mass is 9.78. The van der Waals surface area contributed by atoms with Crippen molar-refractivity contribution in [1.82, 2.24) is 0 Å². The number of benzene rings is 1. The molecule has 0 spiro atoms. The fourth-order valence-corrected chi connectivity index (χ4v) is 1.44. The summed E-state index contributed by atoms with van der Waals surface area (Å²) in [6.45, 7) is 8.04. The second-order valence-corrected chi connectivity index (χ2v) is 4.73. The van der Waals surface area contributed by atoms with Crippen LogP contribution in [0.25, 0.3) is 0 Å². The fourth-order valence-electron chi connectivity index (χ4n) is 1.44. The first-order valence-corrected chi connectivity index (χ1v) is 5.75. The SMILES string of the molecule is CCC(C)C(C)(C)C(=O)Oc1ccccc1.